The van der Waals surface area contributed by atoms with Gasteiger partial charge in [0.25, 0.3) is 0 Å². The average molecular weight is 325 g/mol. The van der Waals surface area contributed by atoms with Crippen molar-refractivity contribution in [2.75, 3.05) is 5.32 Å². The molecule has 5 heteroatoms. The van der Waals surface area contributed by atoms with E-state index in [2.05, 4.69) is 10.6 Å². The molecular weight excluding hydrogens is 311 g/mol. The third-order valence-electron chi connectivity index (χ3n) is 2.82. The molecule has 0 aliphatic rings. The molecular formula is C15H14Cl2N2S. The van der Waals surface area contributed by atoms with Crippen LogP contribution >= 0.6 is 35.4 Å². The van der Waals surface area contributed by atoms with Crippen LogP contribution in [-0.4, -0.2) is 5.11 Å². The van der Waals surface area contributed by atoms with E-state index in [4.69, 9.17) is 35.4 Å². The number of rotatable bonds is 3. The van der Waals surface area contributed by atoms with Gasteiger partial charge in [0.15, 0.2) is 5.11 Å². The zero-order chi connectivity index (χ0) is 14.5. The second-order valence-corrected chi connectivity index (χ2v) is 5.60. The Labute approximate surface area is 134 Å². The summed E-state index contributed by atoms with van der Waals surface area (Å²) in [7, 11) is 0. The van der Waals surface area contributed by atoms with Crippen molar-refractivity contribution < 1.29 is 0 Å². The zero-order valence-electron chi connectivity index (χ0n) is 10.9. The Balaban J connectivity index is 1.98. The van der Waals surface area contributed by atoms with Crippen molar-refractivity contribution >= 4 is 46.2 Å². The lowest BCUT2D eigenvalue weighted by Crippen LogP contribution is -2.31. The first-order valence-corrected chi connectivity index (χ1v) is 7.30. The molecule has 2 rings (SSSR count). The molecule has 104 valence electrons. The number of hydrogen-bond donors (Lipinski definition) is 2. The fourth-order valence-electron chi connectivity index (χ4n) is 1.80. The lowest BCUT2D eigenvalue weighted by atomic mass is 10.1. The van der Waals surface area contributed by atoms with E-state index < -0.39 is 0 Å². The van der Waals surface area contributed by atoms with Gasteiger partial charge in [0.2, 0.25) is 0 Å². The Hall–Kier alpha value is -1.29. The maximum absolute atomic E-state index is 6.16. The summed E-state index contributed by atoms with van der Waals surface area (Å²) >= 11 is 17.3. The van der Waals surface area contributed by atoms with E-state index in [9.17, 15) is 0 Å². The maximum atomic E-state index is 6.16. The van der Waals surface area contributed by atoms with Gasteiger partial charge in [-0.25, -0.2) is 0 Å². The van der Waals surface area contributed by atoms with Crippen molar-refractivity contribution in [2.45, 2.75) is 13.0 Å². The molecule has 0 aromatic heterocycles. The van der Waals surface area contributed by atoms with Gasteiger partial charge in [-0.2, -0.15) is 0 Å². The van der Waals surface area contributed by atoms with Crippen molar-refractivity contribution in [2.24, 2.45) is 0 Å². The number of nitrogens with one attached hydrogen (secondary N) is 2. The standard InChI is InChI=1S/C15H14Cl2N2S/c1-10(13-4-2-3-5-14(13)17)18-15(20)19-12-8-6-11(16)7-9-12/h2-10H,1H3,(H2,18,19,20)/t10-/m1/s1. The van der Waals surface area contributed by atoms with Gasteiger partial charge in [-0.1, -0.05) is 41.4 Å². The van der Waals surface area contributed by atoms with E-state index in [-0.39, 0.29) is 6.04 Å². The van der Waals surface area contributed by atoms with Gasteiger partial charge < -0.3 is 10.6 Å². The molecule has 2 N–H and O–H groups in total. The van der Waals surface area contributed by atoms with E-state index in [0.29, 0.717) is 10.1 Å². The van der Waals surface area contributed by atoms with Crippen LogP contribution in [0, 0.1) is 0 Å². The van der Waals surface area contributed by atoms with Gasteiger partial charge in [0.1, 0.15) is 0 Å². The van der Waals surface area contributed by atoms with Crippen LogP contribution in [0.2, 0.25) is 10.0 Å². The monoisotopic (exact) mass is 324 g/mol. The summed E-state index contributed by atoms with van der Waals surface area (Å²) in [5.41, 5.74) is 1.90. The third-order valence-corrected chi connectivity index (χ3v) is 3.64. The molecule has 0 amide bonds. The first-order chi connectivity index (χ1) is 9.56. The quantitative estimate of drug-likeness (QED) is 0.773. The fourth-order valence-corrected chi connectivity index (χ4v) is 2.52. The first kappa shape index (κ1) is 15.1. The molecule has 20 heavy (non-hydrogen) atoms. The summed E-state index contributed by atoms with van der Waals surface area (Å²) in [6.45, 7) is 2.01. The summed E-state index contributed by atoms with van der Waals surface area (Å²) in [5, 5.41) is 8.27. The van der Waals surface area contributed by atoms with Crippen LogP contribution in [0.25, 0.3) is 0 Å². The topological polar surface area (TPSA) is 24.1 Å². The molecule has 0 aliphatic carbocycles. The largest absolute Gasteiger partial charge is 0.356 e. The third kappa shape index (κ3) is 4.10. The Morgan fingerprint density at radius 3 is 2.35 bits per heavy atom. The molecule has 2 aromatic rings. The normalized spacial score (nSPS) is 11.8. The smallest absolute Gasteiger partial charge is 0.171 e. The number of hydrogen-bond acceptors (Lipinski definition) is 1. The predicted octanol–water partition coefficient (Wildman–Crippen LogP) is 5.04. The molecule has 0 radical (unpaired) electrons. The Morgan fingerprint density at radius 2 is 1.70 bits per heavy atom. The number of thiocarbonyl (C=S) groups is 1. The van der Waals surface area contributed by atoms with E-state index in [1.54, 1.807) is 0 Å². The second kappa shape index (κ2) is 6.93. The minimum atomic E-state index is 0.0241. The summed E-state index contributed by atoms with van der Waals surface area (Å²) in [6.07, 6.45) is 0. The van der Waals surface area contributed by atoms with E-state index in [0.717, 1.165) is 16.3 Å². The van der Waals surface area contributed by atoms with Crippen LogP contribution in [0.4, 0.5) is 5.69 Å². The van der Waals surface area contributed by atoms with Crippen LogP contribution in [0.1, 0.15) is 18.5 Å². The van der Waals surface area contributed by atoms with Crippen molar-refractivity contribution in [1.29, 1.82) is 0 Å². The summed E-state index contributed by atoms with van der Waals surface area (Å²) in [6, 6.07) is 15.1. The Bertz CT molecular complexity index is 599. The minimum Gasteiger partial charge on any atom is -0.356 e. The second-order valence-electron chi connectivity index (χ2n) is 4.35. The lowest BCUT2D eigenvalue weighted by Gasteiger charge is -2.18. The number of anilines is 1. The lowest BCUT2D eigenvalue weighted by molar-refractivity contribution is 0.723. The van der Waals surface area contributed by atoms with Crippen LogP contribution in [0.3, 0.4) is 0 Å². The summed E-state index contributed by atoms with van der Waals surface area (Å²) in [4.78, 5) is 0. The van der Waals surface area contributed by atoms with Gasteiger partial charge in [-0.3, -0.25) is 0 Å². The van der Waals surface area contributed by atoms with Crippen LogP contribution in [0.15, 0.2) is 48.5 Å². The molecule has 0 bridgehead atoms. The highest BCUT2D eigenvalue weighted by atomic mass is 35.5. The molecule has 1 atom stereocenters. The van der Waals surface area contributed by atoms with Gasteiger partial charge in [-0.15, -0.1) is 0 Å². The molecule has 0 fully saturated rings. The summed E-state index contributed by atoms with van der Waals surface area (Å²) < 4.78 is 0. The number of benzene rings is 2. The van der Waals surface area contributed by atoms with Crippen molar-refractivity contribution in [3.05, 3.63) is 64.1 Å². The highest BCUT2D eigenvalue weighted by Crippen LogP contribution is 2.22. The maximum Gasteiger partial charge on any atom is 0.171 e. The first-order valence-electron chi connectivity index (χ1n) is 6.14. The van der Waals surface area contributed by atoms with E-state index >= 15 is 0 Å². The highest BCUT2D eigenvalue weighted by Gasteiger charge is 2.10. The van der Waals surface area contributed by atoms with Crippen molar-refractivity contribution in [1.82, 2.24) is 5.32 Å². The molecule has 0 aliphatic heterocycles. The minimum absolute atomic E-state index is 0.0241. The zero-order valence-corrected chi connectivity index (χ0v) is 13.2. The van der Waals surface area contributed by atoms with E-state index in [1.165, 1.54) is 0 Å². The predicted molar refractivity (Wildman–Crippen MR) is 90.7 cm³/mol. The SMILES string of the molecule is C[C@@H](NC(=S)Nc1ccc(Cl)cc1)c1ccccc1Cl. The Morgan fingerprint density at radius 1 is 1.05 bits per heavy atom. The van der Waals surface area contributed by atoms with Crippen LogP contribution in [0.5, 0.6) is 0 Å². The molecule has 0 saturated heterocycles. The van der Waals surface area contributed by atoms with Gasteiger partial charge >= 0.3 is 0 Å². The molecule has 2 nitrogen and oxygen atoms in total. The van der Waals surface area contributed by atoms with Crippen molar-refractivity contribution in [3.8, 4) is 0 Å². The average Bonchev–Trinajstić information content (AvgIpc) is 2.41. The molecule has 0 saturated carbocycles. The van der Waals surface area contributed by atoms with Crippen LogP contribution < -0.4 is 10.6 Å². The van der Waals surface area contributed by atoms with Gasteiger partial charge in [0, 0.05) is 15.7 Å². The van der Waals surface area contributed by atoms with Gasteiger partial charge in [0.05, 0.1) is 6.04 Å². The molecule has 2 aromatic carbocycles. The van der Waals surface area contributed by atoms with E-state index in [1.807, 2.05) is 55.5 Å². The fraction of sp³-hybridized carbons (Fsp3) is 0.133. The van der Waals surface area contributed by atoms with Gasteiger partial charge in [-0.05, 0) is 55.0 Å². The Kier molecular flexibility index (Phi) is 5.24. The summed E-state index contributed by atoms with van der Waals surface area (Å²) in [5.74, 6) is 0. The van der Waals surface area contributed by atoms with Crippen LogP contribution in [-0.2, 0) is 0 Å². The molecule has 0 spiro atoms. The molecule has 0 heterocycles. The molecule has 0 unspecified atom stereocenters. The number of halogens is 2. The highest BCUT2D eigenvalue weighted by molar-refractivity contribution is 7.80. The van der Waals surface area contributed by atoms with Crippen molar-refractivity contribution in [3.63, 3.8) is 0 Å².